The molecule has 0 atom stereocenters. The van der Waals surface area contributed by atoms with Crippen LogP contribution in [0.25, 0.3) is 20.4 Å². The molecule has 0 aliphatic rings. The van der Waals surface area contributed by atoms with Gasteiger partial charge in [0.15, 0.2) is 0 Å². The van der Waals surface area contributed by atoms with Crippen LogP contribution in [0.3, 0.4) is 0 Å². The number of rotatable bonds is 4. The molecule has 0 bridgehead atoms. The van der Waals surface area contributed by atoms with E-state index < -0.39 is 11.6 Å². The Balaban J connectivity index is 2.53. The van der Waals surface area contributed by atoms with E-state index in [0.29, 0.717) is 33.4 Å². The molecule has 0 fully saturated rings. The third kappa shape index (κ3) is 2.12. The second-order valence-corrected chi connectivity index (χ2v) is 5.93. The Morgan fingerprint density at radius 3 is 2.82 bits per heavy atom. The fourth-order valence-electron chi connectivity index (χ4n) is 2.51. The molecule has 0 unspecified atom stereocenters. The fraction of sp³-hybridized carbons (Fsp3) is 0.286. The maximum absolute atomic E-state index is 12.6. The lowest BCUT2D eigenvalue weighted by atomic mass is 10.3. The zero-order chi connectivity index (χ0) is 15.9. The van der Waals surface area contributed by atoms with Crippen molar-refractivity contribution in [2.45, 2.75) is 26.4 Å². The van der Waals surface area contributed by atoms with E-state index in [0.717, 1.165) is 4.57 Å². The highest BCUT2D eigenvalue weighted by molar-refractivity contribution is 7.25. The van der Waals surface area contributed by atoms with Crippen molar-refractivity contribution in [1.29, 1.82) is 0 Å². The van der Waals surface area contributed by atoms with E-state index in [9.17, 15) is 14.4 Å². The monoisotopic (exact) mass is 318 g/mol. The number of fused-ring (bicyclic) bond motifs is 3. The van der Waals surface area contributed by atoms with Gasteiger partial charge in [-0.05, 0) is 18.6 Å². The van der Waals surface area contributed by atoms with Crippen molar-refractivity contribution < 1.29 is 4.79 Å². The molecule has 2 N–H and O–H groups in total. The van der Waals surface area contributed by atoms with Crippen molar-refractivity contribution in [3.05, 3.63) is 39.2 Å². The van der Waals surface area contributed by atoms with Crippen molar-refractivity contribution >= 4 is 37.7 Å². The first-order valence-corrected chi connectivity index (χ1v) is 7.65. The largest absolute Gasteiger partial charge is 0.368 e. The zero-order valence-electron chi connectivity index (χ0n) is 11.9. The van der Waals surface area contributed by atoms with E-state index in [2.05, 4.69) is 4.98 Å². The molecule has 7 nitrogen and oxygen atoms in total. The second-order valence-electron chi connectivity index (χ2n) is 4.93. The summed E-state index contributed by atoms with van der Waals surface area (Å²) >= 11 is 1.22. The number of aromatic nitrogens is 3. The maximum atomic E-state index is 12.6. The van der Waals surface area contributed by atoms with Gasteiger partial charge in [-0.2, -0.15) is 0 Å². The number of primary amides is 1. The number of hydrogen-bond acceptors (Lipinski definition) is 5. The van der Waals surface area contributed by atoms with Crippen LogP contribution in [-0.2, 0) is 17.9 Å². The standard InChI is InChI=1S/C14H14N4O3S/c1-2-6-17-13(20)11-10(18(14(17)21)7-9(15)19)8-4-3-5-16-12(8)22-11/h3-5H,2,6-7H2,1H3,(H2,15,19). The van der Waals surface area contributed by atoms with Crippen LogP contribution >= 0.6 is 11.3 Å². The maximum Gasteiger partial charge on any atom is 0.332 e. The molecule has 0 saturated heterocycles. The predicted octanol–water partition coefficient (Wildman–Crippen LogP) is 0.668. The molecule has 3 aromatic heterocycles. The van der Waals surface area contributed by atoms with Crippen molar-refractivity contribution in [2.75, 3.05) is 0 Å². The van der Waals surface area contributed by atoms with Gasteiger partial charge in [0.1, 0.15) is 16.1 Å². The molecule has 3 aromatic rings. The molecule has 0 aliphatic heterocycles. The summed E-state index contributed by atoms with van der Waals surface area (Å²) in [4.78, 5) is 41.4. The Labute approximate surface area is 128 Å². The molecule has 0 spiro atoms. The zero-order valence-corrected chi connectivity index (χ0v) is 12.7. The average molecular weight is 318 g/mol. The van der Waals surface area contributed by atoms with Crippen molar-refractivity contribution in [1.82, 2.24) is 14.1 Å². The minimum absolute atomic E-state index is 0.264. The van der Waals surface area contributed by atoms with E-state index in [1.54, 1.807) is 18.3 Å². The van der Waals surface area contributed by atoms with E-state index in [4.69, 9.17) is 5.73 Å². The Morgan fingerprint density at radius 1 is 1.36 bits per heavy atom. The highest BCUT2D eigenvalue weighted by Crippen LogP contribution is 2.29. The quantitative estimate of drug-likeness (QED) is 0.764. The average Bonchev–Trinajstić information content (AvgIpc) is 2.87. The fourth-order valence-corrected chi connectivity index (χ4v) is 3.60. The number of nitrogens with zero attached hydrogens (tertiary/aromatic N) is 3. The van der Waals surface area contributed by atoms with Gasteiger partial charge >= 0.3 is 5.69 Å². The second kappa shape index (κ2) is 5.38. The summed E-state index contributed by atoms with van der Waals surface area (Å²) in [5, 5.41) is 0.682. The number of hydrogen-bond donors (Lipinski definition) is 1. The lowest BCUT2D eigenvalue weighted by Crippen LogP contribution is -2.41. The van der Waals surface area contributed by atoms with Crippen molar-refractivity contribution in [2.24, 2.45) is 5.73 Å². The van der Waals surface area contributed by atoms with Crippen LogP contribution < -0.4 is 17.0 Å². The van der Waals surface area contributed by atoms with Gasteiger partial charge in [-0.15, -0.1) is 11.3 Å². The Bertz CT molecular complexity index is 999. The number of nitrogens with two attached hydrogens (primary N) is 1. The third-order valence-electron chi connectivity index (χ3n) is 3.37. The number of pyridine rings is 1. The first-order chi connectivity index (χ1) is 10.5. The lowest BCUT2D eigenvalue weighted by molar-refractivity contribution is -0.118. The summed E-state index contributed by atoms with van der Waals surface area (Å²) in [6, 6.07) is 3.51. The summed E-state index contributed by atoms with van der Waals surface area (Å²) in [7, 11) is 0. The van der Waals surface area contributed by atoms with Crippen LogP contribution in [0.5, 0.6) is 0 Å². The van der Waals surface area contributed by atoms with Gasteiger partial charge in [-0.3, -0.25) is 18.7 Å². The van der Waals surface area contributed by atoms with Crippen LogP contribution in [-0.4, -0.2) is 20.0 Å². The van der Waals surface area contributed by atoms with Crippen LogP contribution in [0.2, 0.25) is 0 Å². The smallest absolute Gasteiger partial charge is 0.332 e. The molecule has 0 aliphatic carbocycles. The summed E-state index contributed by atoms with van der Waals surface area (Å²) in [5.41, 5.74) is 4.85. The van der Waals surface area contributed by atoms with E-state index in [-0.39, 0.29) is 12.1 Å². The van der Waals surface area contributed by atoms with E-state index in [1.807, 2.05) is 6.92 Å². The molecule has 0 radical (unpaired) electrons. The highest BCUT2D eigenvalue weighted by atomic mass is 32.1. The van der Waals surface area contributed by atoms with Gasteiger partial charge in [-0.1, -0.05) is 6.92 Å². The molecule has 0 saturated carbocycles. The molecule has 1 amide bonds. The lowest BCUT2D eigenvalue weighted by Gasteiger charge is -2.10. The first kappa shape index (κ1) is 14.5. The van der Waals surface area contributed by atoms with Crippen molar-refractivity contribution in [3.8, 4) is 0 Å². The van der Waals surface area contributed by atoms with Crippen LogP contribution in [0, 0.1) is 0 Å². The predicted molar refractivity (Wildman–Crippen MR) is 85.1 cm³/mol. The molecule has 3 rings (SSSR count). The molecule has 114 valence electrons. The third-order valence-corrected chi connectivity index (χ3v) is 4.46. The minimum atomic E-state index is -0.631. The summed E-state index contributed by atoms with van der Waals surface area (Å²) in [6.07, 6.45) is 2.26. The molecule has 8 heteroatoms. The Hall–Kier alpha value is -2.48. The molecule has 0 aromatic carbocycles. The van der Waals surface area contributed by atoms with Gasteiger partial charge in [0.25, 0.3) is 5.56 Å². The van der Waals surface area contributed by atoms with Gasteiger partial charge in [0.2, 0.25) is 5.91 Å². The van der Waals surface area contributed by atoms with Gasteiger partial charge < -0.3 is 5.73 Å². The van der Waals surface area contributed by atoms with Crippen LogP contribution in [0.1, 0.15) is 13.3 Å². The van der Waals surface area contributed by atoms with Crippen molar-refractivity contribution in [3.63, 3.8) is 0 Å². The first-order valence-electron chi connectivity index (χ1n) is 6.83. The Morgan fingerprint density at radius 2 is 2.14 bits per heavy atom. The number of amides is 1. The van der Waals surface area contributed by atoms with E-state index in [1.165, 1.54) is 15.9 Å². The van der Waals surface area contributed by atoms with Crippen LogP contribution in [0.4, 0.5) is 0 Å². The number of carbonyl (C=O) groups is 1. The van der Waals surface area contributed by atoms with Gasteiger partial charge in [-0.25, -0.2) is 9.78 Å². The molecule has 3 heterocycles. The Kier molecular flexibility index (Phi) is 3.53. The number of carbonyl (C=O) groups excluding carboxylic acids is 1. The topological polar surface area (TPSA) is 100.0 Å². The number of thiophene rings is 1. The highest BCUT2D eigenvalue weighted by Gasteiger charge is 2.19. The SMILES string of the molecule is CCCn1c(=O)c2sc3ncccc3c2n(CC(N)=O)c1=O. The molecular formula is C14H14N4O3S. The summed E-state index contributed by atoms with van der Waals surface area (Å²) in [5.74, 6) is -0.631. The molecule has 22 heavy (non-hydrogen) atoms. The molecular weight excluding hydrogens is 304 g/mol. The normalized spacial score (nSPS) is 11.3. The minimum Gasteiger partial charge on any atom is -0.368 e. The van der Waals surface area contributed by atoms with Gasteiger partial charge in [0.05, 0.1) is 5.52 Å². The summed E-state index contributed by atoms with van der Waals surface area (Å²) < 4.78 is 2.85. The van der Waals surface area contributed by atoms with Crippen LogP contribution in [0.15, 0.2) is 27.9 Å². The van der Waals surface area contributed by atoms with Gasteiger partial charge in [0, 0.05) is 18.1 Å². The van der Waals surface area contributed by atoms with E-state index >= 15 is 0 Å². The summed E-state index contributed by atoms with van der Waals surface area (Å²) in [6.45, 7) is 1.91.